The first-order chi connectivity index (χ1) is 11.6. The minimum absolute atomic E-state index is 0.233. The first-order valence-corrected chi connectivity index (χ1v) is 12.9. The molecule has 2 aliphatic rings. The summed E-state index contributed by atoms with van der Waals surface area (Å²) in [5.41, 5.74) is 4.38. The van der Waals surface area contributed by atoms with E-state index in [2.05, 4.69) is 89.1 Å². The Bertz CT molecular complexity index is 688. The fourth-order valence-corrected chi connectivity index (χ4v) is 7.42. The summed E-state index contributed by atoms with van der Waals surface area (Å²) in [6, 6.07) is 8.90. The lowest BCUT2D eigenvalue weighted by Gasteiger charge is -2.38. The lowest BCUT2D eigenvalue weighted by Crippen LogP contribution is -2.44. The van der Waals surface area contributed by atoms with E-state index in [1.807, 2.05) is 0 Å². The average Bonchev–Trinajstić information content (AvgIpc) is 2.87. The Balaban J connectivity index is 1.95. The molecule has 136 valence electrons. The van der Waals surface area contributed by atoms with Gasteiger partial charge in [-0.15, -0.1) is 0 Å². The third kappa shape index (κ3) is 3.94. The fraction of sp³-hybridized carbons (Fsp3) is 0.565. The third-order valence-corrected chi connectivity index (χ3v) is 8.92. The van der Waals surface area contributed by atoms with E-state index in [-0.39, 0.29) is 5.41 Å². The van der Waals surface area contributed by atoms with Crippen LogP contribution in [-0.2, 0) is 0 Å². The molecule has 0 heterocycles. The van der Waals surface area contributed by atoms with E-state index in [1.54, 1.807) is 10.8 Å². The molecular formula is C23H35NSi. The van der Waals surface area contributed by atoms with Crippen LogP contribution in [0.15, 0.2) is 47.2 Å². The van der Waals surface area contributed by atoms with E-state index in [9.17, 15) is 0 Å². The maximum Gasteiger partial charge on any atom is 0.175 e. The number of allylic oxidation sites excluding steroid dienone is 4. The maximum atomic E-state index is 3.96. The molecule has 2 heteroatoms. The summed E-state index contributed by atoms with van der Waals surface area (Å²) in [5.74, 6) is 2.34. The van der Waals surface area contributed by atoms with Crippen molar-refractivity contribution in [2.24, 2.45) is 23.2 Å². The first kappa shape index (κ1) is 18.5. The van der Waals surface area contributed by atoms with Crippen LogP contribution >= 0.6 is 0 Å². The summed E-state index contributed by atoms with van der Waals surface area (Å²) >= 11 is 0. The van der Waals surface area contributed by atoms with Gasteiger partial charge in [0.1, 0.15) is 0 Å². The van der Waals surface area contributed by atoms with E-state index in [4.69, 9.17) is 0 Å². The molecule has 3 rings (SSSR count). The second kappa shape index (κ2) is 6.46. The highest BCUT2D eigenvalue weighted by Crippen LogP contribution is 2.49. The lowest BCUT2D eigenvalue weighted by atomic mass is 9.78. The number of hydrogen-bond acceptors (Lipinski definition) is 1. The van der Waals surface area contributed by atoms with Crippen LogP contribution < -0.4 is 4.98 Å². The molecule has 3 atom stereocenters. The first-order valence-electron chi connectivity index (χ1n) is 9.85. The summed E-state index contributed by atoms with van der Waals surface area (Å²) in [5, 5.41) is 1.73. The topological polar surface area (TPSA) is 12.0 Å². The van der Waals surface area contributed by atoms with Gasteiger partial charge >= 0.3 is 0 Å². The zero-order valence-electron chi connectivity index (χ0n) is 17.1. The normalized spacial score (nSPS) is 26.8. The molecule has 1 nitrogen and oxygen atoms in total. The number of hydrogen-bond donors (Lipinski definition) is 1. The van der Waals surface area contributed by atoms with Crippen LogP contribution in [-0.4, -0.2) is 8.24 Å². The standard InChI is InChI=1S/C23H35NSi/c1-16-8-10-20(11-9-16)24-25(6,7)22-15-19(23(3,4)5)14-18-12-17(2)13-21(18)22/h8-11,14-15,17-18,21,24H,12-13H2,1-7H3. The molecule has 0 spiro atoms. The Morgan fingerprint density at radius 3 is 2.28 bits per heavy atom. The van der Waals surface area contributed by atoms with E-state index in [0.717, 1.165) is 17.8 Å². The van der Waals surface area contributed by atoms with Crippen LogP contribution in [0.2, 0.25) is 13.1 Å². The van der Waals surface area contributed by atoms with Crippen LogP contribution in [0.5, 0.6) is 0 Å². The molecule has 0 aliphatic heterocycles. The van der Waals surface area contributed by atoms with Crippen LogP contribution in [0, 0.1) is 30.1 Å². The summed E-state index contributed by atoms with van der Waals surface area (Å²) in [6.45, 7) is 16.6. The Kier molecular flexibility index (Phi) is 4.78. The van der Waals surface area contributed by atoms with Crippen molar-refractivity contribution in [2.75, 3.05) is 4.98 Å². The van der Waals surface area contributed by atoms with Gasteiger partial charge in [-0.1, -0.05) is 62.7 Å². The van der Waals surface area contributed by atoms with Crippen molar-refractivity contribution in [1.29, 1.82) is 0 Å². The molecule has 25 heavy (non-hydrogen) atoms. The van der Waals surface area contributed by atoms with Gasteiger partial charge in [-0.05, 0) is 73.7 Å². The van der Waals surface area contributed by atoms with Crippen LogP contribution in [0.1, 0.15) is 46.1 Å². The molecule has 0 aromatic heterocycles. The largest absolute Gasteiger partial charge is 0.407 e. The lowest BCUT2D eigenvalue weighted by molar-refractivity contribution is 0.474. The van der Waals surface area contributed by atoms with Crippen molar-refractivity contribution < 1.29 is 0 Å². The summed E-state index contributed by atoms with van der Waals surface area (Å²) in [4.78, 5) is 3.96. The van der Waals surface area contributed by atoms with Gasteiger partial charge < -0.3 is 4.98 Å². The van der Waals surface area contributed by atoms with E-state index in [0.29, 0.717) is 0 Å². The molecule has 0 radical (unpaired) electrons. The highest BCUT2D eigenvalue weighted by atomic mass is 28.3. The number of aryl methyl sites for hydroxylation is 1. The number of benzene rings is 1. The average molecular weight is 354 g/mol. The van der Waals surface area contributed by atoms with Crippen molar-refractivity contribution in [1.82, 2.24) is 0 Å². The molecule has 3 unspecified atom stereocenters. The molecule has 2 aliphatic carbocycles. The van der Waals surface area contributed by atoms with Gasteiger partial charge in [0, 0.05) is 5.69 Å². The SMILES string of the molecule is Cc1ccc(N[Si](C)(C)C2=CC(C(C)(C)C)=CC3CC(C)CC23)cc1. The fourth-order valence-electron chi connectivity index (χ4n) is 4.61. The van der Waals surface area contributed by atoms with Crippen LogP contribution in [0.25, 0.3) is 0 Å². The van der Waals surface area contributed by atoms with Crippen molar-refractivity contribution in [3.8, 4) is 0 Å². The molecule has 0 bridgehead atoms. The second-order valence-corrected chi connectivity index (χ2v) is 14.0. The van der Waals surface area contributed by atoms with Gasteiger partial charge in [0.25, 0.3) is 0 Å². The van der Waals surface area contributed by atoms with Crippen LogP contribution in [0.3, 0.4) is 0 Å². The van der Waals surface area contributed by atoms with Gasteiger partial charge in [0.2, 0.25) is 0 Å². The van der Waals surface area contributed by atoms with Crippen molar-refractivity contribution >= 4 is 13.9 Å². The molecule has 1 fully saturated rings. The zero-order chi connectivity index (χ0) is 18.4. The molecule has 1 aromatic carbocycles. The Morgan fingerprint density at radius 2 is 1.68 bits per heavy atom. The van der Waals surface area contributed by atoms with Gasteiger partial charge in [0.15, 0.2) is 8.24 Å². The monoisotopic (exact) mass is 353 g/mol. The molecule has 0 saturated heterocycles. The number of anilines is 1. The van der Waals surface area contributed by atoms with Crippen molar-refractivity contribution in [3.63, 3.8) is 0 Å². The van der Waals surface area contributed by atoms with Crippen molar-refractivity contribution in [3.05, 3.63) is 52.8 Å². The highest BCUT2D eigenvalue weighted by molar-refractivity contribution is 6.87. The number of fused-ring (bicyclic) bond motifs is 1. The summed E-state index contributed by atoms with van der Waals surface area (Å²) < 4.78 is 0. The third-order valence-electron chi connectivity index (χ3n) is 6.05. The molecule has 1 saturated carbocycles. The van der Waals surface area contributed by atoms with Gasteiger partial charge in [0.05, 0.1) is 0 Å². The number of rotatable bonds is 3. The van der Waals surface area contributed by atoms with Gasteiger partial charge in [-0.3, -0.25) is 0 Å². The minimum atomic E-state index is -1.73. The quantitative estimate of drug-likeness (QED) is 0.594. The summed E-state index contributed by atoms with van der Waals surface area (Å²) in [7, 11) is -1.73. The Labute approximate surface area is 155 Å². The smallest absolute Gasteiger partial charge is 0.175 e. The van der Waals surface area contributed by atoms with Crippen molar-refractivity contribution in [2.45, 2.75) is 60.6 Å². The van der Waals surface area contributed by atoms with Gasteiger partial charge in [-0.2, -0.15) is 0 Å². The zero-order valence-corrected chi connectivity index (χ0v) is 18.1. The Hall–Kier alpha value is -1.28. The molecule has 1 N–H and O–H groups in total. The van der Waals surface area contributed by atoms with Crippen LogP contribution in [0.4, 0.5) is 5.69 Å². The van der Waals surface area contributed by atoms with Gasteiger partial charge in [-0.25, -0.2) is 0 Å². The van der Waals surface area contributed by atoms with E-state index >= 15 is 0 Å². The predicted octanol–water partition coefficient (Wildman–Crippen LogP) is 6.73. The molecule has 0 amide bonds. The number of nitrogens with one attached hydrogen (secondary N) is 1. The maximum absolute atomic E-state index is 3.96. The predicted molar refractivity (Wildman–Crippen MR) is 113 cm³/mol. The van der Waals surface area contributed by atoms with E-state index < -0.39 is 8.24 Å². The molecule has 1 aromatic rings. The summed E-state index contributed by atoms with van der Waals surface area (Å²) in [6.07, 6.45) is 7.90. The second-order valence-electron chi connectivity index (χ2n) is 9.93. The highest BCUT2D eigenvalue weighted by Gasteiger charge is 2.43. The minimum Gasteiger partial charge on any atom is -0.407 e. The molecular weight excluding hydrogens is 318 g/mol. The van der Waals surface area contributed by atoms with E-state index in [1.165, 1.54) is 24.1 Å². The Morgan fingerprint density at radius 1 is 1.04 bits per heavy atom.